The van der Waals surface area contributed by atoms with Crippen molar-refractivity contribution in [3.05, 3.63) is 11.3 Å². The number of carbonyl (C=O) groups is 1. The van der Waals surface area contributed by atoms with Crippen LogP contribution in [0, 0.1) is 6.92 Å². The summed E-state index contributed by atoms with van der Waals surface area (Å²) in [6, 6.07) is 0. The van der Waals surface area contributed by atoms with Crippen LogP contribution in [-0.2, 0) is 11.8 Å². The van der Waals surface area contributed by atoms with Crippen LogP contribution in [0.25, 0.3) is 0 Å². The molecular formula is C14H23N3O2. The molecule has 0 spiro atoms. The standard InChI is InChI=1S/C14H23N3O2/c1-10-11(7-18)12(16(6)15-10)17-8-13(2,3)19-14(4,5)9-17/h7H,8-9H2,1-6H3. The smallest absolute Gasteiger partial charge is 0.155 e. The molecule has 1 aliphatic heterocycles. The van der Waals surface area contributed by atoms with Gasteiger partial charge in [0.25, 0.3) is 0 Å². The van der Waals surface area contributed by atoms with E-state index in [1.54, 1.807) is 4.68 Å². The average Bonchev–Trinajstić information content (AvgIpc) is 2.47. The van der Waals surface area contributed by atoms with Crippen molar-refractivity contribution in [1.82, 2.24) is 9.78 Å². The second kappa shape index (κ2) is 4.34. The van der Waals surface area contributed by atoms with Crippen molar-refractivity contribution in [3.63, 3.8) is 0 Å². The number of carbonyl (C=O) groups excluding carboxylic acids is 1. The van der Waals surface area contributed by atoms with Crippen molar-refractivity contribution in [1.29, 1.82) is 0 Å². The lowest BCUT2D eigenvalue weighted by molar-refractivity contribution is -0.133. The van der Waals surface area contributed by atoms with E-state index < -0.39 is 0 Å². The summed E-state index contributed by atoms with van der Waals surface area (Å²) in [5.41, 5.74) is 0.950. The highest BCUT2D eigenvalue weighted by atomic mass is 16.5. The highest BCUT2D eigenvalue weighted by Gasteiger charge is 2.39. The van der Waals surface area contributed by atoms with Gasteiger partial charge in [0.15, 0.2) is 6.29 Å². The minimum absolute atomic E-state index is 0.250. The predicted molar refractivity (Wildman–Crippen MR) is 74.8 cm³/mol. The summed E-state index contributed by atoms with van der Waals surface area (Å²) in [6.45, 7) is 11.7. The van der Waals surface area contributed by atoms with Crippen LogP contribution in [0.4, 0.5) is 5.82 Å². The lowest BCUT2D eigenvalue weighted by Crippen LogP contribution is -2.57. The molecule has 2 heterocycles. The van der Waals surface area contributed by atoms with Crippen molar-refractivity contribution < 1.29 is 9.53 Å². The summed E-state index contributed by atoms with van der Waals surface area (Å²) in [6.07, 6.45) is 0.896. The Morgan fingerprint density at radius 2 is 1.74 bits per heavy atom. The maximum atomic E-state index is 11.3. The molecule has 2 rings (SSSR count). The number of hydrogen-bond acceptors (Lipinski definition) is 4. The van der Waals surface area contributed by atoms with Crippen LogP contribution in [0.5, 0.6) is 0 Å². The molecule has 0 unspecified atom stereocenters. The summed E-state index contributed by atoms with van der Waals surface area (Å²) in [5, 5.41) is 4.36. The first-order valence-corrected chi connectivity index (χ1v) is 6.59. The highest BCUT2D eigenvalue weighted by Crippen LogP contribution is 2.33. The van der Waals surface area contributed by atoms with Gasteiger partial charge in [-0.3, -0.25) is 9.48 Å². The van der Waals surface area contributed by atoms with E-state index in [0.29, 0.717) is 5.56 Å². The van der Waals surface area contributed by atoms with Crippen molar-refractivity contribution in [3.8, 4) is 0 Å². The number of nitrogens with zero attached hydrogens (tertiary/aromatic N) is 3. The summed E-state index contributed by atoms with van der Waals surface area (Å²) >= 11 is 0. The fraction of sp³-hybridized carbons (Fsp3) is 0.714. The second-order valence-corrected chi connectivity index (χ2v) is 6.54. The molecule has 0 saturated carbocycles. The number of hydrogen-bond donors (Lipinski definition) is 0. The quantitative estimate of drug-likeness (QED) is 0.767. The number of aromatic nitrogens is 2. The van der Waals surface area contributed by atoms with E-state index in [1.807, 2.05) is 14.0 Å². The molecule has 19 heavy (non-hydrogen) atoms. The molecule has 1 fully saturated rings. The van der Waals surface area contributed by atoms with Crippen LogP contribution in [0.15, 0.2) is 0 Å². The van der Waals surface area contributed by atoms with Crippen molar-refractivity contribution in [2.24, 2.45) is 7.05 Å². The number of aryl methyl sites for hydroxylation is 2. The first kappa shape index (κ1) is 14.1. The molecule has 1 aromatic rings. The normalized spacial score (nSPS) is 21.5. The van der Waals surface area contributed by atoms with Gasteiger partial charge in [-0.1, -0.05) is 0 Å². The van der Waals surface area contributed by atoms with Crippen molar-refractivity contribution in [2.75, 3.05) is 18.0 Å². The van der Waals surface area contributed by atoms with Crippen LogP contribution < -0.4 is 4.90 Å². The Kier molecular flexibility index (Phi) is 3.21. The first-order chi connectivity index (χ1) is 8.65. The van der Waals surface area contributed by atoms with E-state index in [2.05, 4.69) is 37.7 Å². The largest absolute Gasteiger partial charge is 0.366 e. The van der Waals surface area contributed by atoms with Crippen LogP contribution in [0.2, 0.25) is 0 Å². The number of rotatable bonds is 2. The molecule has 1 aromatic heterocycles. The van der Waals surface area contributed by atoms with Gasteiger partial charge in [-0.05, 0) is 34.6 Å². The highest BCUT2D eigenvalue weighted by molar-refractivity contribution is 5.84. The van der Waals surface area contributed by atoms with Crippen LogP contribution in [-0.4, -0.2) is 40.4 Å². The van der Waals surface area contributed by atoms with Gasteiger partial charge in [0.05, 0.1) is 22.5 Å². The zero-order valence-electron chi connectivity index (χ0n) is 12.6. The third-order valence-electron chi connectivity index (χ3n) is 3.35. The summed E-state index contributed by atoms with van der Waals surface area (Å²) in [5.74, 6) is 0.886. The van der Waals surface area contributed by atoms with Crippen LogP contribution in [0.1, 0.15) is 43.7 Å². The zero-order valence-corrected chi connectivity index (χ0v) is 12.6. The van der Waals surface area contributed by atoms with Gasteiger partial charge >= 0.3 is 0 Å². The Morgan fingerprint density at radius 3 is 2.21 bits per heavy atom. The van der Waals surface area contributed by atoms with Gasteiger partial charge in [0.2, 0.25) is 0 Å². The minimum Gasteiger partial charge on any atom is -0.366 e. The molecule has 0 atom stereocenters. The van der Waals surface area contributed by atoms with Gasteiger partial charge in [-0.25, -0.2) is 0 Å². The fourth-order valence-electron chi connectivity index (χ4n) is 3.11. The van der Waals surface area contributed by atoms with Crippen molar-refractivity contribution in [2.45, 2.75) is 45.8 Å². The molecule has 0 bridgehead atoms. The van der Waals surface area contributed by atoms with E-state index in [-0.39, 0.29) is 11.2 Å². The maximum absolute atomic E-state index is 11.3. The van der Waals surface area contributed by atoms with E-state index in [9.17, 15) is 4.79 Å². The van der Waals surface area contributed by atoms with Crippen LogP contribution in [0.3, 0.4) is 0 Å². The molecule has 0 N–H and O–H groups in total. The van der Waals surface area contributed by atoms with Gasteiger partial charge in [-0.2, -0.15) is 5.10 Å². The Labute approximate surface area is 114 Å². The monoisotopic (exact) mass is 265 g/mol. The summed E-state index contributed by atoms with van der Waals surface area (Å²) < 4.78 is 7.86. The lowest BCUT2D eigenvalue weighted by atomic mass is 9.98. The summed E-state index contributed by atoms with van der Waals surface area (Å²) in [7, 11) is 1.88. The lowest BCUT2D eigenvalue weighted by Gasteiger charge is -2.47. The molecule has 0 amide bonds. The zero-order chi connectivity index (χ0) is 14.4. The second-order valence-electron chi connectivity index (χ2n) is 6.54. The number of ether oxygens (including phenoxy) is 1. The average molecular weight is 265 g/mol. The fourth-order valence-corrected chi connectivity index (χ4v) is 3.11. The van der Waals surface area contributed by atoms with Crippen LogP contribution >= 0.6 is 0 Å². The van der Waals surface area contributed by atoms with E-state index in [1.165, 1.54) is 0 Å². The molecule has 5 heteroatoms. The Hall–Kier alpha value is -1.36. The summed E-state index contributed by atoms with van der Waals surface area (Å²) in [4.78, 5) is 13.5. The molecule has 1 saturated heterocycles. The predicted octanol–water partition coefficient (Wildman–Crippen LogP) is 1.93. The Morgan fingerprint density at radius 1 is 1.21 bits per heavy atom. The first-order valence-electron chi connectivity index (χ1n) is 6.59. The SMILES string of the molecule is Cc1nn(C)c(N2CC(C)(C)OC(C)(C)C2)c1C=O. The molecule has 0 aliphatic carbocycles. The van der Waals surface area contributed by atoms with Gasteiger partial charge in [0, 0.05) is 20.1 Å². The maximum Gasteiger partial charge on any atom is 0.155 e. The number of anilines is 1. The third-order valence-corrected chi connectivity index (χ3v) is 3.35. The molecule has 106 valence electrons. The molecule has 0 aromatic carbocycles. The Balaban J connectivity index is 2.44. The third kappa shape index (κ3) is 2.66. The number of aldehydes is 1. The van der Waals surface area contributed by atoms with E-state index in [0.717, 1.165) is 30.9 Å². The number of morpholine rings is 1. The molecular weight excluding hydrogens is 242 g/mol. The van der Waals surface area contributed by atoms with Gasteiger partial charge in [-0.15, -0.1) is 0 Å². The minimum atomic E-state index is -0.250. The topological polar surface area (TPSA) is 47.4 Å². The van der Waals surface area contributed by atoms with E-state index in [4.69, 9.17) is 4.74 Å². The van der Waals surface area contributed by atoms with Gasteiger partial charge in [0.1, 0.15) is 5.82 Å². The van der Waals surface area contributed by atoms with Crippen molar-refractivity contribution >= 4 is 12.1 Å². The molecule has 0 radical (unpaired) electrons. The molecule has 1 aliphatic rings. The van der Waals surface area contributed by atoms with E-state index >= 15 is 0 Å². The van der Waals surface area contributed by atoms with Gasteiger partial charge < -0.3 is 9.64 Å². The molecule has 5 nitrogen and oxygen atoms in total. The Bertz CT molecular complexity index is 487.